The zero-order chi connectivity index (χ0) is 15.6. The van der Waals surface area contributed by atoms with Gasteiger partial charge in [0.05, 0.1) is 13.2 Å². The number of carbonyl (C=O) groups is 1. The highest BCUT2D eigenvalue weighted by Gasteiger charge is 2.23. The molecule has 116 valence electrons. The van der Waals surface area contributed by atoms with E-state index in [1.807, 2.05) is 30.3 Å². The van der Waals surface area contributed by atoms with Gasteiger partial charge < -0.3 is 15.0 Å². The second-order valence-electron chi connectivity index (χ2n) is 5.75. The van der Waals surface area contributed by atoms with Gasteiger partial charge in [-0.3, -0.25) is 4.79 Å². The molecule has 0 aliphatic carbocycles. The smallest absolute Gasteiger partial charge is 0.256 e. The average molecular weight is 306 g/mol. The summed E-state index contributed by atoms with van der Waals surface area (Å²) in [6.07, 6.45) is 1.95. The van der Waals surface area contributed by atoms with Gasteiger partial charge in [-0.15, -0.1) is 0 Å². The van der Waals surface area contributed by atoms with Crippen LogP contribution in [0.25, 0.3) is 11.6 Å². The summed E-state index contributed by atoms with van der Waals surface area (Å²) in [5.41, 5.74) is 4.80. The number of fused-ring (bicyclic) bond motifs is 1. The number of hydrogen-bond donors (Lipinski definition) is 1. The molecule has 0 spiro atoms. The highest BCUT2D eigenvalue weighted by Crippen LogP contribution is 2.32. The van der Waals surface area contributed by atoms with E-state index in [0.717, 1.165) is 48.7 Å². The molecular formula is C19H18N2O2. The van der Waals surface area contributed by atoms with E-state index in [1.54, 1.807) is 0 Å². The van der Waals surface area contributed by atoms with Crippen molar-refractivity contribution in [1.82, 2.24) is 0 Å². The Bertz CT molecular complexity index is 759. The molecule has 0 unspecified atom stereocenters. The number of nitrogens with one attached hydrogen (secondary N) is 1. The lowest BCUT2D eigenvalue weighted by molar-refractivity contribution is -0.110. The second-order valence-corrected chi connectivity index (χ2v) is 5.75. The molecule has 0 aromatic heterocycles. The maximum Gasteiger partial charge on any atom is 0.256 e. The third-order valence-corrected chi connectivity index (χ3v) is 4.29. The number of morpholine rings is 1. The Labute approximate surface area is 135 Å². The molecule has 1 saturated heterocycles. The number of nitrogens with zero attached hydrogens (tertiary/aromatic N) is 1. The number of benzene rings is 2. The Kier molecular flexibility index (Phi) is 3.60. The molecule has 0 radical (unpaired) electrons. The van der Waals surface area contributed by atoms with Crippen molar-refractivity contribution < 1.29 is 9.53 Å². The molecule has 1 N–H and O–H groups in total. The van der Waals surface area contributed by atoms with Crippen LogP contribution in [0.1, 0.15) is 11.1 Å². The molecule has 0 atom stereocenters. The maximum absolute atomic E-state index is 12.1. The molecule has 1 fully saturated rings. The zero-order valence-corrected chi connectivity index (χ0v) is 12.8. The second kappa shape index (κ2) is 5.89. The fourth-order valence-electron chi connectivity index (χ4n) is 3.05. The molecule has 2 heterocycles. The minimum absolute atomic E-state index is 0.0385. The number of rotatable bonds is 2. The largest absolute Gasteiger partial charge is 0.378 e. The van der Waals surface area contributed by atoms with Gasteiger partial charge in [0.1, 0.15) is 0 Å². The van der Waals surface area contributed by atoms with E-state index in [4.69, 9.17) is 4.74 Å². The molecule has 4 rings (SSSR count). The molecule has 2 aliphatic heterocycles. The van der Waals surface area contributed by atoms with E-state index < -0.39 is 0 Å². The predicted molar refractivity (Wildman–Crippen MR) is 92.4 cm³/mol. The first kappa shape index (κ1) is 14.0. The molecule has 4 nitrogen and oxygen atoms in total. The Morgan fingerprint density at radius 1 is 1.00 bits per heavy atom. The van der Waals surface area contributed by atoms with Crippen LogP contribution >= 0.6 is 0 Å². The minimum Gasteiger partial charge on any atom is -0.378 e. The van der Waals surface area contributed by atoms with Crippen LogP contribution in [0.2, 0.25) is 0 Å². The number of anilines is 2. The molecule has 0 bridgehead atoms. The van der Waals surface area contributed by atoms with E-state index in [-0.39, 0.29) is 5.91 Å². The normalized spacial score (nSPS) is 18.9. The van der Waals surface area contributed by atoms with Crippen LogP contribution in [-0.2, 0) is 9.53 Å². The Morgan fingerprint density at radius 3 is 2.52 bits per heavy atom. The number of amides is 1. The SMILES string of the molecule is O=C1Nc2ccccc2/C1=C\c1ccc(N2CCOCC2)cc1. The highest BCUT2D eigenvalue weighted by molar-refractivity contribution is 6.34. The first-order chi connectivity index (χ1) is 11.3. The molecule has 0 saturated carbocycles. The van der Waals surface area contributed by atoms with E-state index in [2.05, 4.69) is 34.5 Å². The van der Waals surface area contributed by atoms with Crippen molar-refractivity contribution in [3.63, 3.8) is 0 Å². The summed E-state index contributed by atoms with van der Waals surface area (Å²) in [5, 5.41) is 2.90. The van der Waals surface area contributed by atoms with Crippen molar-refractivity contribution in [2.45, 2.75) is 0 Å². The van der Waals surface area contributed by atoms with Crippen molar-refractivity contribution >= 4 is 28.9 Å². The van der Waals surface area contributed by atoms with E-state index in [0.29, 0.717) is 0 Å². The summed E-state index contributed by atoms with van der Waals surface area (Å²) in [5.74, 6) is -0.0385. The van der Waals surface area contributed by atoms with Crippen LogP contribution in [-0.4, -0.2) is 32.2 Å². The Morgan fingerprint density at radius 2 is 1.74 bits per heavy atom. The zero-order valence-electron chi connectivity index (χ0n) is 12.8. The van der Waals surface area contributed by atoms with Crippen LogP contribution < -0.4 is 10.2 Å². The third-order valence-electron chi connectivity index (χ3n) is 4.29. The van der Waals surface area contributed by atoms with Crippen LogP contribution in [0.5, 0.6) is 0 Å². The summed E-state index contributed by atoms with van der Waals surface area (Å²) >= 11 is 0. The summed E-state index contributed by atoms with van der Waals surface area (Å²) in [6, 6.07) is 16.1. The van der Waals surface area contributed by atoms with Crippen LogP contribution in [0.15, 0.2) is 48.5 Å². The minimum atomic E-state index is -0.0385. The van der Waals surface area contributed by atoms with Crippen LogP contribution in [0.3, 0.4) is 0 Å². The first-order valence-corrected chi connectivity index (χ1v) is 7.86. The van der Waals surface area contributed by atoms with Crippen LogP contribution in [0.4, 0.5) is 11.4 Å². The van der Waals surface area contributed by atoms with E-state index >= 15 is 0 Å². The fourth-order valence-corrected chi connectivity index (χ4v) is 3.05. The number of hydrogen-bond acceptors (Lipinski definition) is 3. The summed E-state index contributed by atoms with van der Waals surface area (Å²) in [4.78, 5) is 14.5. The van der Waals surface area contributed by atoms with Crippen molar-refractivity contribution in [2.75, 3.05) is 36.5 Å². The van der Waals surface area contributed by atoms with Crippen molar-refractivity contribution in [1.29, 1.82) is 0 Å². The van der Waals surface area contributed by atoms with Gasteiger partial charge in [-0.1, -0.05) is 30.3 Å². The summed E-state index contributed by atoms with van der Waals surface area (Å²) < 4.78 is 5.38. The lowest BCUT2D eigenvalue weighted by Crippen LogP contribution is -2.36. The highest BCUT2D eigenvalue weighted by atomic mass is 16.5. The monoisotopic (exact) mass is 306 g/mol. The van der Waals surface area contributed by atoms with Crippen molar-refractivity contribution in [3.8, 4) is 0 Å². The molecule has 23 heavy (non-hydrogen) atoms. The average Bonchev–Trinajstić information content (AvgIpc) is 2.92. The standard InChI is InChI=1S/C19H18N2O2/c22-19-17(16-3-1-2-4-18(16)20-19)13-14-5-7-15(8-6-14)21-9-11-23-12-10-21/h1-8,13H,9-12H2,(H,20,22)/b17-13+. The third kappa shape index (κ3) is 2.73. The molecule has 2 aromatic rings. The van der Waals surface area contributed by atoms with Crippen LogP contribution in [0, 0.1) is 0 Å². The molecule has 2 aliphatic rings. The van der Waals surface area contributed by atoms with Gasteiger partial charge >= 0.3 is 0 Å². The van der Waals surface area contributed by atoms with Crippen molar-refractivity contribution in [3.05, 3.63) is 59.7 Å². The van der Waals surface area contributed by atoms with Gasteiger partial charge in [0.2, 0.25) is 0 Å². The van der Waals surface area contributed by atoms with E-state index in [9.17, 15) is 4.79 Å². The van der Waals surface area contributed by atoms with Gasteiger partial charge in [0, 0.05) is 35.6 Å². The maximum atomic E-state index is 12.1. The summed E-state index contributed by atoms with van der Waals surface area (Å²) in [7, 11) is 0. The molecule has 4 heteroatoms. The quantitative estimate of drug-likeness (QED) is 0.867. The number of carbonyl (C=O) groups excluding carboxylic acids is 1. The molecule has 2 aromatic carbocycles. The predicted octanol–water partition coefficient (Wildman–Crippen LogP) is 3.02. The lowest BCUT2D eigenvalue weighted by atomic mass is 10.0. The number of ether oxygens (including phenoxy) is 1. The van der Waals surface area contributed by atoms with E-state index in [1.165, 1.54) is 5.69 Å². The van der Waals surface area contributed by atoms with Gasteiger partial charge in [0.25, 0.3) is 5.91 Å². The lowest BCUT2D eigenvalue weighted by Gasteiger charge is -2.28. The topological polar surface area (TPSA) is 41.6 Å². The fraction of sp³-hybridized carbons (Fsp3) is 0.211. The van der Waals surface area contributed by atoms with Gasteiger partial charge in [-0.2, -0.15) is 0 Å². The van der Waals surface area contributed by atoms with Gasteiger partial charge in [0.15, 0.2) is 0 Å². The van der Waals surface area contributed by atoms with Crippen molar-refractivity contribution in [2.24, 2.45) is 0 Å². The van der Waals surface area contributed by atoms with Gasteiger partial charge in [-0.05, 0) is 29.8 Å². The molecular weight excluding hydrogens is 288 g/mol. The molecule has 1 amide bonds. The number of para-hydroxylation sites is 1. The first-order valence-electron chi connectivity index (χ1n) is 7.86. The Balaban J connectivity index is 1.60. The summed E-state index contributed by atoms with van der Waals surface area (Å²) in [6.45, 7) is 3.41. The van der Waals surface area contributed by atoms with Gasteiger partial charge in [-0.25, -0.2) is 0 Å². The Hall–Kier alpha value is -2.59.